The molecule has 0 saturated heterocycles. The fourth-order valence-electron chi connectivity index (χ4n) is 1.04. The minimum Gasteiger partial charge on any atom is -0.385 e. The first-order chi connectivity index (χ1) is 5.59. The smallest absolute Gasteiger partial charge is 0.165 e. The van der Waals surface area contributed by atoms with Crippen LogP contribution in [0.1, 0.15) is 38.3 Å². The number of hydrogen-bond donors (Lipinski definition) is 1. The molecule has 12 heavy (non-hydrogen) atoms. The molecule has 0 spiro atoms. The predicted octanol–water partition coefficient (Wildman–Crippen LogP) is 1.93. The predicted molar refractivity (Wildman–Crippen MR) is 45.7 cm³/mol. The maximum atomic E-state index is 9.14. The van der Waals surface area contributed by atoms with Crippen molar-refractivity contribution >= 4 is 0 Å². The summed E-state index contributed by atoms with van der Waals surface area (Å²) >= 11 is 0. The molecule has 1 aromatic heterocycles. The standard InChI is InChI=1S/C9H15NO2/c1-6(2)4-8-5-9(7(3)11)12-10-8/h5-7,11H,4H2,1-3H3. The van der Waals surface area contributed by atoms with Gasteiger partial charge in [0.1, 0.15) is 6.10 Å². The quantitative estimate of drug-likeness (QED) is 0.752. The van der Waals surface area contributed by atoms with Crippen LogP contribution in [0, 0.1) is 5.92 Å². The highest BCUT2D eigenvalue weighted by Gasteiger charge is 2.09. The maximum absolute atomic E-state index is 9.14. The highest BCUT2D eigenvalue weighted by molar-refractivity contribution is 5.07. The SMILES string of the molecule is CC(C)Cc1cc(C(C)O)on1. The van der Waals surface area contributed by atoms with Gasteiger partial charge in [-0.1, -0.05) is 19.0 Å². The van der Waals surface area contributed by atoms with E-state index in [0.29, 0.717) is 11.7 Å². The molecule has 0 radical (unpaired) electrons. The molecule has 1 unspecified atom stereocenters. The van der Waals surface area contributed by atoms with Crippen LogP contribution in [0.2, 0.25) is 0 Å². The van der Waals surface area contributed by atoms with E-state index >= 15 is 0 Å². The monoisotopic (exact) mass is 169 g/mol. The maximum Gasteiger partial charge on any atom is 0.165 e. The van der Waals surface area contributed by atoms with Gasteiger partial charge in [-0.2, -0.15) is 0 Å². The second-order valence-corrected chi connectivity index (χ2v) is 3.49. The Kier molecular flexibility index (Phi) is 2.87. The molecule has 0 bridgehead atoms. The van der Waals surface area contributed by atoms with E-state index in [9.17, 15) is 0 Å². The lowest BCUT2D eigenvalue weighted by Gasteiger charge is -1.97. The van der Waals surface area contributed by atoms with Crippen LogP contribution in [0.25, 0.3) is 0 Å². The van der Waals surface area contributed by atoms with Crippen LogP contribution < -0.4 is 0 Å². The number of rotatable bonds is 3. The van der Waals surface area contributed by atoms with Gasteiger partial charge in [-0.15, -0.1) is 0 Å². The van der Waals surface area contributed by atoms with Gasteiger partial charge in [-0.25, -0.2) is 0 Å². The summed E-state index contributed by atoms with van der Waals surface area (Å²) in [7, 11) is 0. The van der Waals surface area contributed by atoms with Crippen LogP contribution >= 0.6 is 0 Å². The minimum absolute atomic E-state index is 0.547. The van der Waals surface area contributed by atoms with Crippen LogP contribution in [0.15, 0.2) is 10.6 Å². The summed E-state index contributed by atoms with van der Waals surface area (Å²) in [6.07, 6.45) is 0.342. The van der Waals surface area contributed by atoms with Crippen molar-refractivity contribution < 1.29 is 9.63 Å². The zero-order chi connectivity index (χ0) is 9.14. The van der Waals surface area contributed by atoms with Gasteiger partial charge in [0.15, 0.2) is 5.76 Å². The molecule has 1 N–H and O–H groups in total. The van der Waals surface area contributed by atoms with E-state index in [2.05, 4.69) is 19.0 Å². The topological polar surface area (TPSA) is 46.3 Å². The molecule has 3 nitrogen and oxygen atoms in total. The molecule has 1 rings (SSSR count). The Morgan fingerprint density at radius 1 is 1.50 bits per heavy atom. The van der Waals surface area contributed by atoms with Gasteiger partial charge < -0.3 is 9.63 Å². The van der Waals surface area contributed by atoms with Gasteiger partial charge in [-0.3, -0.25) is 0 Å². The number of aromatic nitrogens is 1. The molecular formula is C9H15NO2. The van der Waals surface area contributed by atoms with Crippen molar-refractivity contribution in [2.24, 2.45) is 5.92 Å². The zero-order valence-electron chi connectivity index (χ0n) is 7.74. The fourth-order valence-corrected chi connectivity index (χ4v) is 1.04. The molecule has 0 aliphatic heterocycles. The lowest BCUT2D eigenvalue weighted by Crippen LogP contribution is -1.93. The normalized spacial score (nSPS) is 13.8. The second-order valence-electron chi connectivity index (χ2n) is 3.49. The van der Waals surface area contributed by atoms with E-state index in [1.807, 2.05) is 6.07 Å². The van der Waals surface area contributed by atoms with Crippen molar-refractivity contribution in [1.82, 2.24) is 5.16 Å². The van der Waals surface area contributed by atoms with Gasteiger partial charge in [-0.05, 0) is 19.3 Å². The first-order valence-electron chi connectivity index (χ1n) is 4.23. The molecule has 0 amide bonds. The van der Waals surface area contributed by atoms with E-state index in [1.54, 1.807) is 6.92 Å². The Balaban J connectivity index is 2.64. The zero-order valence-corrected chi connectivity index (χ0v) is 7.74. The molecule has 0 aliphatic carbocycles. The average molecular weight is 169 g/mol. The van der Waals surface area contributed by atoms with Gasteiger partial charge in [0.2, 0.25) is 0 Å². The summed E-state index contributed by atoms with van der Waals surface area (Å²) in [5.41, 5.74) is 0.918. The van der Waals surface area contributed by atoms with Gasteiger partial charge in [0.25, 0.3) is 0 Å². The van der Waals surface area contributed by atoms with E-state index in [0.717, 1.165) is 12.1 Å². The Morgan fingerprint density at radius 3 is 2.58 bits per heavy atom. The van der Waals surface area contributed by atoms with Gasteiger partial charge in [0.05, 0.1) is 5.69 Å². The molecule has 1 atom stereocenters. The summed E-state index contributed by atoms with van der Waals surface area (Å²) in [6.45, 7) is 5.91. The van der Waals surface area contributed by atoms with Gasteiger partial charge >= 0.3 is 0 Å². The van der Waals surface area contributed by atoms with Crippen molar-refractivity contribution in [1.29, 1.82) is 0 Å². The average Bonchev–Trinajstić information content (AvgIpc) is 2.34. The van der Waals surface area contributed by atoms with E-state index < -0.39 is 6.10 Å². The van der Waals surface area contributed by atoms with Crippen molar-refractivity contribution in [3.05, 3.63) is 17.5 Å². The third-order valence-electron chi connectivity index (χ3n) is 1.61. The highest BCUT2D eigenvalue weighted by atomic mass is 16.5. The van der Waals surface area contributed by atoms with Crippen LogP contribution in [0.3, 0.4) is 0 Å². The lowest BCUT2D eigenvalue weighted by molar-refractivity contribution is 0.157. The largest absolute Gasteiger partial charge is 0.385 e. The molecule has 68 valence electrons. The van der Waals surface area contributed by atoms with Crippen molar-refractivity contribution in [2.75, 3.05) is 0 Å². The molecule has 0 fully saturated rings. The fraction of sp³-hybridized carbons (Fsp3) is 0.667. The summed E-state index contributed by atoms with van der Waals surface area (Å²) in [4.78, 5) is 0. The number of hydrogen-bond acceptors (Lipinski definition) is 3. The van der Waals surface area contributed by atoms with Gasteiger partial charge in [0, 0.05) is 6.07 Å². The van der Waals surface area contributed by atoms with E-state index in [-0.39, 0.29) is 0 Å². The van der Waals surface area contributed by atoms with Crippen LogP contribution in [0.4, 0.5) is 0 Å². The van der Waals surface area contributed by atoms with E-state index in [4.69, 9.17) is 9.63 Å². The van der Waals surface area contributed by atoms with Crippen molar-refractivity contribution in [3.63, 3.8) is 0 Å². The molecule has 0 aromatic carbocycles. The van der Waals surface area contributed by atoms with Crippen LogP contribution in [0.5, 0.6) is 0 Å². The molecule has 1 aromatic rings. The Morgan fingerprint density at radius 2 is 2.17 bits per heavy atom. The number of aliphatic hydroxyl groups is 1. The lowest BCUT2D eigenvalue weighted by atomic mass is 10.1. The summed E-state index contributed by atoms with van der Waals surface area (Å²) in [5, 5.41) is 13.0. The van der Waals surface area contributed by atoms with Crippen molar-refractivity contribution in [2.45, 2.75) is 33.3 Å². The number of aliphatic hydroxyl groups excluding tert-OH is 1. The summed E-state index contributed by atoms with van der Waals surface area (Å²) in [5.74, 6) is 1.11. The summed E-state index contributed by atoms with van der Waals surface area (Å²) < 4.78 is 4.93. The molecule has 3 heteroatoms. The van der Waals surface area contributed by atoms with Crippen LogP contribution in [-0.2, 0) is 6.42 Å². The molecule has 0 saturated carbocycles. The first kappa shape index (κ1) is 9.26. The third kappa shape index (κ3) is 2.34. The third-order valence-corrected chi connectivity index (χ3v) is 1.61. The molecule has 0 aliphatic rings. The van der Waals surface area contributed by atoms with E-state index in [1.165, 1.54) is 0 Å². The first-order valence-corrected chi connectivity index (χ1v) is 4.23. The summed E-state index contributed by atoms with van der Waals surface area (Å²) in [6, 6.07) is 1.81. The Hall–Kier alpha value is -0.830. The van der Waals surface area contributed by atoms with Crippen LogP contribution in [-0.4, -0.2) is 10.3 Å². The minimum atomic E-state index is -0.557. The molecular weight excluding hydrogens is 154 g/mol. The Labute approximate surface area is 72.4 Å². The highest BCUT2D eigenvalue weighted by Crippen LogP contribution is 2.14. The number of nitrogens with zero attached hydrogens (tertiary/aromatic N) is 1. The molecule has 1 heterocycles. The van der Waals surface area contributed by atoms with Crippen molar-refractivity contribution in [3.8, 4) is 0 Å². The Bertz CT molecular complexity index is 240. The second kappa shape index (κ2) is 3.72.